The quantitative estimate of drug-likeness (QED) is 0.587. The minimum absolute atomic E-state index is 0.461. The first-order chi connectivity index (χ1) is 3.42. The molecule has 0 rings (SSSR count). The van der Waals surface area contributed by atoms with Gasteiger partial charge in [0, 0.05) is 0 Å². The molecule has 2 heteroatoms. The normalized spacial score (nSPS) is 12.8. The summed E-state index contributed by atoms with van der Waals surface area (Å²) >= 11 is -0.461. The zero-order valence-corrected chi connectivity index (χ0v) is 9.81. The summed E-state index contributed by atoms with van der Waals surface area (Å²) in [5, 5.41) is 0. The van der Waals surface area contributed by atoms with E-state index < -0.39 is 22.4 Å². The Balaban J connectivity index is 3.39. The van der Waals surface area contributed by atoms with E-state index in [1.54, 1.807) is 4.88 Å². The van der Waals surface area contributed by atoms with Gasteiger partial charge in [-0.25, -0.2) is 0 Å². The summed E-state index contributed by atoms with van der Waals surface area (Å²) in [6.07, 6.45) is 0. The molecule has 0 bridgehead atoms. The van der Waals surface area contributed by atoms with Gasteiger partial charge in [-0.3, -0.25) is 0 Å². The van der Waals surface area contributed by atoms with Gasteiger partial charge in [0.25, 0.3) is 0 Å². The second-order valence-corrected chi connectivity index (χ2v) is 16.7. The van der Waals surface area contributed by atoms with Crippen LogP contribution in [0.2, 0.25) is 36.0 Å². The number of hydrogen-bond acceptors (Lipinski definition) is 0. The Morgan fingerprint density at radius 3 is 1.50 bits per heavy atom. The van der Waals surface area contributed by atoms with Crippen LogP contribution >= 0.6 is 0 Å². The fourth-order valence-corrected chi connectivity index (χ4v) is 16.5. The van der Waals surface area contributed by atoms with Crippen LogP contribution in [0.5, 0.6) is 0 Å². The average Bonchev–Trinajstić information content (AvgIpc) is 1.21. The van der Waals surface area contributed by atoms with Gasteiger partial charge in [-0.05, 0) is 0 Å². The van der Waals surface area contributed by atoms with Crippen molar-refractivity contribution in [3.05, 3.63) is 0 Å². The van der Waals surface area contributed by atoms with E-state index in [0.29, 0.717) is 0 Å². The summed E-state index contributed by atoms with van der Waals surface area (Å²) in [5.41, 5.74) is 0. The molecule has 0 aromatic heterocycles. The van der Waals surface area contributed by atoms with Crippen molar-refractivity contribution < 1.29 is 0 Å². The third kappa shape index (κ3) is 6.76. The van der Waals surface area contributed by atoms with Crippen molar-refractivity contribution in [2.45, 2.75) is 36.0 Å². The molecule has 0 amide bonds. The van der Waals surface area contributed by atoms with E-state index in [1.165, 1.54) is 0 Å². The van der Waals surface area contributed by atoms with Crippen molar-refractivity contribution in [2.75, 3.05) is 0 Å². The van der Waals surface area contributed by atoms with E-state index >= 15 is 0 Å². The molecule has 0 N–H and O–H groups in total. The van der Waals surface area contributed by atoms with Gasteiger partial charge in [0.05, 0.1) is 0 Å². The summed E-state index contributed by atoms with van der Waals surface area (Å²) < 4.78 is 0. The molecule has 8 heavy (non-hydrogen) atoms. The molecule has 0 saturated carbocycles. The van der Waals surface area contributed by atoms with E-state index in [9.17, 15) is 0 Å². The van der Waals surface area contributed by atoms with Crippen LogP contribution in [-0.2, 0) is 0 Å². The molecule has 0 nitrogen and oxygen atoms in total. The predicted molar refractivity (Wildman–Crippen MR) is 45.6 cm³/mol. The van der Waals surface area contributed by atoms with Crippen LogP contribution in [0, 0.1) is 0 Å². The Morgan fingerprint density at radius 1 is 1.12 bits per heavy atom. The summed E-state index contributed by atoms with van der Waals surface area (Å²) in [7, 11) is -0.646. The average molecular weight is 190 g/mol. The van der Waals surface area contributed by atoms with Crippen LogP contribution in [0.3, 0.4) is 0 Å². The Bertz CT molecular complexity index is 63.4. The van der Waals surface area contributed by atoms with Crippen LogP contribution in [0.1, 0.15) is 0 Å². The van der Waals surface area contributed by atoms with E-state index in [2.05, 4.69) is 31.2 Å². The monoisotopic (exact) mass is 191 g/mol. The van der Waals surface area contributed by atoms with Crippen molar-refractivity contribution in [1.82, 2.24) is 0 Å². The second-order valence-electron chi connectivity index (χ2n) is 3.94. The molecule has 0 aliphatic heterocycles. The summed E-state index contributed by atoms with van der Waals surface area (Å²) in [6, 6.07) is 0. The summed E-state index contributed by atoms with van der Waals surface area (Å²) in [5.74, 6) is 4.94. The maximum absolute atomic E-state index is 2.47. The van der Waals surface area contributed by atoms with Crippen LogP contribution in [-0.4, -0.2) is 22.4 Å². The molecular weight excluding hydrogens is 173 g/mol. The Kier molecular flexibility index (Phi) is 3.35. The van der Waals surface area contributed by atoms with Gasteiger partial charge < -0.3 is 0 Å². The SMILES string of the molecule is [CH3][Ge]([CH3])[CH2][Si](C)(C)C. The molecule has 1 radical (unpaired) electrons. The third-order valence-electron chi connectivity index (χ3n) is 0.884. The first-order valence-corrected chi connectivity index (χ1v) is 12.6. The number of rotatable bonds is 2. The Morgan fingerprint density at radius 2 is 1.50 bits per heavy atom. The van der Waals surface area contributed by atoms with Crippen LogP contribution in [0.25, 0.3) is 0 Å². The van der Waals surface area contributed by atoms with E-state index in [-0.39, 0.29) is 0 Å². The molecule has 0 aromatic carbocycles. The van der Waals surface area contributed by atoms with Gasteiger partial charge in [0.15, 0.2) is 0 Å². The van der Waals surface area contributed by atoms with E-state index in [1.807, 2.05) is 0 Å². The first-order valence-electron chi connectivity index (χ1n) is 3.21. The van der Waals surface area contributed by atoms with Crippen molar-refractivity contribution in [3.63, 3.8) is 0 Å². The summed E-state index contributed by atoms with van der Waals surface area (Å²) in [6.45, 7) is 7.40. The van der Waals surface area contributed by atoms with Gasteiger partial charge >= 0.3 is 58.5 Å². The maximum atomic E-state index is 2.47. The summed E-state index contributed by atoms with van der Waals surface area (Å²) in [4.78, 5) is 1.63. The zero-order chi connectivity index (χ0) is 6.78. The van der Waals surface area contributed by atoms with E-state index in [4.69, 9.17) is 0 Å². The van der Waals surface area contributed by atoms with Crippen LogP contribution in [0.15, 0.2) is 0 Å². The molecule has 0 aliphatic carbocycles. The molecule has 0 aromatic rings. The van der Waals surface area contributed by atoms with Crippen molar-refractivity contribution in [2.24, 2.45) is 0 Å². The van der Waals surface area contributed by atoms with E-state index in [0.717, 1.165) is 0 Å². The van der Waals surface area contributed by atoms with Gasteiger partial charge in [0.2, 0.25) is 0 Å². The van der Waals surface area contributed by atoms with Crippen LogP contribution < -0.4 is 0 Å². The molecule has 0 unspecified atom stereocenters. The molecule has 0 aliphatic rings. The van der Waals surface area contributed by atoms with Gasteiger partial charge in [0.1, 0.15) is 0 Å². The molecule has 0 heterocycles. The standard InChI is InChI=1S/C6H17GeSi/c1-7(2)6-8(3,4)5/h6H2,1-5H3. The van der Waals surface area contributed by atoms with Crippen molar-refractivity contribution >= 4 is 22.4 Å². The third-order valence-corrected chi connectivity index (χ3v) is 13.8. The molecule has 49 valence electrons. The fourth-order valence-electron chi connectivity index (χ4n) is 1.06. The first kappa shape index (κ1) is 8.76. The van der Waals surface area contributed by atoms with Gasteiger partial charge in [-0.1, -0.05) is 0 Å². The molecule has 0 saturated heterocycles. The van der Waals surface area contributed by atoms with Gasteiger partial charge in [-0.15, -0.1) is 0 Å². The van der Waals surface area contributed by atoms with Crippen molar-refractivity contribution in [3.8, 4) is 0 Å². The molecular formula is C6H17GeSi. The van der Waals surface area contributed by atoms with Gasteiger partial charge in [-0.2, -0.15) is 0 Å². The predicted octanol–water partition coefficient (Wildman–Crippen LogP) is 2.62. The molecule has 0 fully saturated rings. The molecule has 0 spiro atoms. The Labute approximate surface area is 58.8 Å². The second kappa shape index (κ2) is 3.06. The van der Waals surface area contributed by atoms with Crippen LogP contribution in [0.4, 0.5) is 0 Å². The minimum atomic E-state index is -0.646. The number of hydrogen-bond donors (Lipinski definition) is 0. The molecule has 0 atom stereocenters. The topological polar surface area (TPSA) is 0 Å². The van der Waals surface area contributed by atoms with Crippen molar-refractivity contribution in [1.29, 1.82) is 0 Å². The fraction of sp³-hybridized carbons (Fsp3) is 1.00. The zero-order valence-electron chi connectivity index (χ0n) is 6.71. The Hall–Kier alpha value is 0.760.